The third-order valence-corrected chi connectivity index (χ3v) is 5.37. The van der Waals surface area contributed by atoms with Gasteiger partial charge in [-0.25, -0.2) is 0 Å². The van der Waals surface area contributed by atoms with Crippen molar-refractivity contribution in [2.75, 3.05) is 30.8 Å². The number of hydrogen-bond acceptors (Lipinski definition) is 4. The monoisotopic (exact) mass is 279 g/mol. The number of nitrogens with one attached hydrogen (secondary N) is 1. The van der Waals surface area contributed by atoms with Crippen LogP contribution in [0.1, 0.15) is 47.3 Å². The highest BCUT2D eigenvalue weighted by atomic mass is 32.1. The molecule has 1 atom stereocenters. The first-order valence-corrected chi connectivity index (χ1v) is 7.82. The van der Waals surface area contributed by atoms with Crippen molar-refractivity contribution in [3.8, 4) is 0 Å². The van der Waals surface area contributed by atoms with Crippen LogP contribution in [0.4, 0.5) is 10.7 Å². The zero-order valence-corrected chi connectivity index (χ0v) is 12.3. The number of carbonyl (C=O) groups is 1. The van der Waals surface area contributed by atoms with Crippen molar-refractivity contribution >= 4 is 27.9 Å². The van der Waals surface area contributed by atoms with Crippen LogP contribution >= 0.6 is 11.3 Å². The minimum Gasteiger partial charge on any atom is -0.397 e. The molecule has 1 unspecified atom stereocenters. The molecule has 2 fully saturated rings. The van der Waals surface area contributed by atoms with Crippen LogP contribution in [0, 0.1) is 5.92 Å². The molecule has 4 nitrogen and oxygen atoms in total. The number of carbonyl (C=O) groups excluding carboxylic acids is 1. The minimum absolute atomic E-state index is 0.0529. The Kier molecular flexibility index (Phi) is 3.17. The van der Waals surface area contributed by atoms with Crippen LogP contribution < -0.4 is 16.0 Å². The lowest BCUT2D eigenvalue weighted by Gasteiger charge is -2.18. The van der Waals surface area contributed by atoms with Crippen LogP contribution in [0.3, 0.4) is 0 Å². The summed E-state index contributed by atoms with van der Waals surface area (Å²) in [5, 5.41) is 3.95. The Morgan fingerprint density at radius 2 is 2.16 bits per heavy atom. The maximum absolute atomic E-state index is 11.9. The Morgan fingerprint density at radius 3 is 2.68 bits per heavy atom. The SMILES string of the molecule is CNC(=O)c1sc(N2CCC(C)C2)c(C2CC2)c1N. The summed E-state index contributed by atoms with van der Waals surface area (Å²) >= 11 is 1.58. The van der Waals surface area contributed by atoms with Gasteiger partial charge in [0.2, 0.25) is 0 Å². The average Bonchev–Trinajstić information content (AvgIpc) is 3.05. The summed E-state index contributed by atoms with van der Waals surface area (Å²) in [6.07, 6.45) is 3.66. The molecule has 1 aromatic heterocycles. The van der Waals surface area contributed by atoms with E-state index in [1.165, 1.54) is 29.8 Å². The van der Waals surface area contributed by atoms with Gasteiger partial charge in [-0.3, -0.25) is 4.79 Å². The molecule has 104 valence electrons. The molecule has 3 N–H and O–H groups in total. The van der Waals surface area contributed by atoms with Crippen LogP contribution in [-0.4, -0.2) is 26.0 Å². The van der Waals surface area contributed by atoms with Gasteiger partial charge in [-0.1, -0.05) is 6.92 Å². The van der Waals surface area contributed by atoms with Crippen molar-refractivity contribution in [1.82, 2.24) is 5.32 Å². The fraction of sp³-hybridized carbons (Fsp3) is 0.643. The van der Waals surface area contributed by atoms with Crippen LogP contribution in [0.2, 0.25) is 0 Å². The van der Waals surface area contributed by atoms with E-state index in [1.54, 1.807) is 18.4 Å². The second-order valence-corrected chi connectivity index (χ2v) is 6.76. The summed E-state index contributed by atoms with van der Waals surface area (Å²) in [6.45, 7) is 4.47. The third kappa shape index (κ3) is 2.20. The van der Waals surface area contributed by atoms with Gasteiger partial charge in [0.25, 0.3) is 5.91 Å². The van der Waals surface area contributed by atoms with Crippen LogP contribution in [0.5, 0.6) is 0 Å². The lowest BCUT2D eigenvalue weighted by molar-refractivity contribution is 0.0968. The third-order valence-electron chi connectivity index (χ3n) is 4.09. The van der Waals surface area contributed by atoms with E-state index in [9.17, 15) is 4.79 Å². The summed E-state index contributed by atoms with van der Waals surface area (Å²) in [4.78, 5) is 15.0. The molecule has 2 heterocycles. The number of nitrogens with zero attached hydrogens (tertiary/aromatic N) is 1. The predicted octanol–water partition coefficient (Wildman–Crippen LogP) is 2.41. The molecule has 2 aliphatic rings. The van der Waals surface area contributed by atoms with Gasteiger partial charge >= 0.3 is 0 Å². The maximum Gasteiger partial charge on any atom is 0.263 e. The highest BCUT2D eigenvalue weighted by Crippen LogP contribution is 2.52. The van der Waals surface area contributed by atoms with Crippen molar-refractivity contribution < 1.29 is 4.79 Å². The number of rotatable bonds is 3. The topological polar surface area (TPSA) is 58.4 Å². The number of nitrogens with two attached hydrogens (primary N) is 1. The second kappa shape index (κ2) is 4.71. The zero-order valence-electron chi connectivity index (χ0n) is 11.5. The Morgan fingerprint density at radius 1 is 1.42 bits per heavy atom. The lowest BCUT2D eigenvalue weighted by atomic mass is 10.1. The molecule has 1 saturated heterocycles. The van der Waals surface area contributed by atoms with E-state index >= 15 is 0 Å². The Labute approximate surface area is 118 Å². The molecule has 1 saturated carbocycles. The summed E-state index contributed by atoms with van der Waals surface area (Å²) in [6, 6.07) is 0. The largest absolute Gasteiger partial charge is 0.397 e. The van der Waals surface area contributed by atoms with E-state index in [4.69, 9.17) is 5.73 Å². The molecule has 1 aliphatic carbocycles. The Hall–Kier alpha value is -1.23. The molecule has 1 aromatic rings. The molecule has 19 heavy (non-hydrogen) atoms. The van der Waals surface area contributed by atoms with Gasteiger partial charge in [0.05, 0.1) is 10.7 Å². The second-order valence-electron chi connectivity index (χ2n) is 5.76. The first-order valence-electron chi connectivity index (χ1n) is 7.01. The van der Waals surface area contributed by atoms with E-state index in [1.807, 2.05) is 0 Å². The number of thiophene rings is 1. The summed E-state index contributed by atoms with van der Waals surface area (Å²) in [5.41, 5.74) is 8.22. The molecule has 0 spiro atoms. The average molecular weight is 279 g/mol. The van der Waals surface area contributed by atoms with Crippen molar-refractivity contribution in [1.29, 1.82) is 0 Å². The molecule has 0 aromatic carbocycles. The van der Waals surface area contributed by atoms with E-state index in [-0.39, 0.29) is 5.91 Å². The Balaban J connectivity index is 2.00. The highest BCUT2D eigenvalue weighted by molar-refractivity contribution is 7.18. The fourth-order valence-electron chi connectivity index (χ4n) is 2.85. The van der Waals surface area contributed by atoms with Gasteiger partial charge in [-0.05, 0) is 31.1 Å². The van der Waals surface area contributed by atoms with Crippen LogP contribution in [0.15, 0.2) is 0 Å². The molecule has 1 amide bonds. The van der Waals surface area contributed by atoms with Crippen molar-refractivity contribution in [3.05, 3.63) is 10.4 Å². The van der Waals surface area contributed by atoms with E-state index in [0.717, 1.165) is 24.7 Å². The summed E-state index contributed by atoms with van der Waals surface area (Å²) in [5.74, 6) is 1.27. The number of anilines is 2. The van der Waals surface area contributed by atoms with Crippen LogP contribution in [0.25, 0.3) is 0 Å². The molecular weight excluding hydrogens is 258 g/mol. The van der Waals surface area contributed by atoms with Gasteiger partial charge in [0, 0.05) is 25.7 Å². The summed E-state index contributed by atoms with van der Waals surface area (Å²) < 4.78 is 0. The molecule has 5 heteroatoms. The standard InChI is InChI=1S/C14H21N3OS/c1-8-5-6-17(7-8)14-10(9-3-4-9)11(15)12(19-14)13(18)16-2/h8-9H,3-7,15H2,1-2H3,(H,16,18). The number of nitrogen functional groups attached to an aromatic ring is 1. The van der Waals surface area contributed by atoms with E-state index < -0.39 is 0 Å². The molecule has 0 bridgehead atoms. The van der Waals surface area contributed by atoms with Crippen molar-refractivity contribution in [2.24, 2.45) is 5.92 Å². The highest BCUT2D eigenvalue weighted by Gasteiger charge is 2.35. The molecule has 1 aliphatic heterocycles. The van der Waals surface area contributed by atoms with Gasteiger partial charge in [0.1, 0.15) is 4.88 Å². The minimum atomic E-state index is -0.0529. The smallest absolute Gasteiger partial charge is 0.263 e. The van der Waals surface area contributed by atoms with Crippen LogP contribution in [-0.2, 0) is 0 Å². The molecule has 0 radical (unpaired) electrons. The fourth-order valence-corrected chi connectivity index (χ4v) is 4.14. The van der Waals surface area contributed by atoms with Gasteiger partial charge in [-0.15, -0.1) is 11.3 Å². The predicted molar refractivity (Wildman–Crippen MR) is 80.1 cm³/mol. The maximum atomic E-state index is 11.9. The summed E-state index contributed by atoms with van der Waals surface area (Å²) in [7, 11) is 1.66. The Bertz CT molecular complexity index is 507. The molecular formula is C14H21N3OS. The normalized spacial score (nSPS) is 22.8. The van der Waals surface area contributed by atoms with Gasteiger partial charge < -0.3 is 16.0 Å². The molecule has 3 rings (SSSR count). The first kappa shape index (κ1) is 12.8. The quantitative estimate of drug-likeness (QED) is 0.893. The van der Waals surface area contributed by atoms with Crippen molar-refractivity contribution in [3.63, 3.8) is 0 Å². The number of amides is 1. The van der Waals surface area contributed by atoms with E-state index in [0.29, 0.717) is 10.8 Å². The zero-order chi connectivity index (χ0) is 13.6. The first-order chi connectivity index (χ1) is 9.11. The van der Waals surface area contributed by atoms with Gasteiger partial charge in [-0.2, -0.15) is 0 Å². The van der Waals surface area contributed by atoms with E-state index in [2.05, 4.69) is 17.1 Å². The van der Waals surface area contributed by atoms with Gasteiger partial charge in [0.15, 0.2) is 0 Å². The number of hydrogen-bond donors (Lipinski definition) is 2. The van der Waals surface area contributed by atoms with Crippen molar-refractivity contribution in [2.45, 2.75) is 32.1 Å². The lowest BCUT2D eigenvalue weighted by Crippen LogP contribution is -2.19.